The van der Waals surface area contributed by atoms with Gasteiger partial charge in [0.25, 0.3) is 0 Å². The Morgan fingerprint density at radius 3 is 2.83 bits per heavy atom. The van der Waals surface area contributed by atoms with E-state index in [2.05, 4.69) is 33.5 Å². The van der Waals surface area contributed by atoms with Crippen molar-refractivity contribution in [1.82, 2.24) is 19.9 Å². The molecule has 2 bridgehead atoms. The molecular formula is C17H24N6. The highest BCUT2D eigenvalue weighted by atomic mass is 15.3. The van der Waals surface area contributed by atoms with E-state index in [1.165, 1.54) is 32.4 Å². The van der Waals surface area contributed by atoms with Crippen molar-refractivity contribution >= 4 is 22.8 Å². The van der Waals surface area contributed by atoms with Gasteiger partial charge in [0.2, 0.25) is 5.95 Å². The van der Waals surface area contributed by atoms with E-state index in [0.29, 0.717) is 5.95 Å². The number of nitrogens with one attached hydrogen (secondary N) is 2. The predicted molar refractivity (Wildman–Crippen MR) is 93.0 cm³/mol. The lowest BCUT2D eigenvalue weighted by Gasteiger charge is -2.34. The number of fused-ring (bicyclic) bond motifs is 3. The summed E-state index contributed by atoms with van der Waals surface area (Å²) in [5, 5.41) is 7.87. The largest absolute Gasteiger partial charge is 0.372 e. The summed E-state index contributed by atoms with van der Waals surface area (Å²) in [6.45, 7) is 7.60. The van der Waals surface area contributed by atoms with Gasteiger partial charge in [-0.1, -0.05) is 0 Å². The second-order valence-corrected chi connectivity index (χ2v) is 6.96. The lowest BCUT2D eigenvalue weighted by Crippen LogP contribution is -2.45. The molecule has 2 aliphatic rings. The molecule has 122 valence electrons. The Morgan fingerprint density at radius 1 is 1.13 bits per heavy atom. The Hall–Kier alpha value is -1.95. The van der Waals surface area contributed by atoms with Gasteiger partial charge in [0, 0.05) is 25.8 Å². The van der Waals surface area contributed by atoms with Crippen LogP contribution in [0.15, 0.2) is 6.07 Å². The van der Waals surface area contributed by atoms with E-state index in [4.69, 9.17) is 9.97 Å². The van der Waals surface area contributed by atoms with E-state index < -0.39 is 0 Å². The highest BCUT2D eigenvalue weighted by molar-refractivity contribution is 5.90. The van der Waals surface area contributed by atoms with E-state index in [9.17, 15) is 0 Å². The fraction of sp³-hybridized carbons (Fsp3) is 0.588. The predicted octanol–water partition coefficient (Wildman–Crippen LogP) is 2.33. The number of pyridine rings is 1. The summed E-state index contributed by atoms with van der Waals surface area (Å²) in [6.07, 6.45) is 3.61. The molecule has 6 nitrogen and oxygen atoms in total. The number of hydrogen-bond acceptors (Lipinski definition) is 6. The van der Waals surface area contributed by atoms with Crippen molar-refractivity contribution in [2.45, 2.75) is 38.6 Å². The van der Waals surface area contributed by atoms with Crippen LogP contribution >= 0.6 is 0 Å². The number of aromatic nitrogens is 3. The standard InChI is InChI=1S/C17H24N6/c1-11-9-12(2)19-15-13(11)14(18-3)20-16(21-15)22-17-5-4-7-23(10-17)8-6-17/h9H,4-8,10H2,1-3H3,(H2,18,19,20,21,22). The zero-order valence-electron chi connectivity index (χ0n) is 14.1. The van der Waals surface area contributed by atoms with E-state index in [-0.39, 0.29) is 5.54 Å². The van der Waals surface area contributed by atoms with Crippen LogP contribution in [0.4, 0.5) is 11.8 Å². The molecule has 2 aromatic heterocycles. The molecule has 2 aromatic rings. The van der Waals surface area contributed by atoms with Crippen LogP contribution in [0.1, 0.15) is 30.5 Å². The minimum atomic E-state index is 0.135. The smallest absolute Gasteiger partial charge is 0.227 e. The van der Waals surface area contributed by atoms with Crippen molar-refractivity contribution in [3.8, 4) is 0 Å². The zero-order valence-corrected chi connectivity index (χ0v) is 14.1. The average molecular weight is 312 g/mol. The van der Waals surface area contributed by atoms with Crippen molar-refractivity contribution < 1.29 is 0 Å². The minimum absolute atomic E-state index is 0.135. The number of aryl methyl sites for hydroxylation is 2. The topological polar surface area (TPSA) is 66.0 Å². The quantitative estimate of drug-likeness (QED) is 0.907. The van der Waals surface area contributed by atoms with Crippen molar-refractivity contribution in [1.29, 1.82) is 0 Å². The molecule has 0 aliphatic carbocycles. The van der Waals surface area contributed by atoms with E-state index >= 15 is 0 Å². The van der Waals surface area contributed by atoms with Gasteiger partial charge < -0.3 is 15.5 Å². The van der Waals surface area contributed by atoms with Crippen LogP contribution in [0.5, 0.6) is 0 Å². The third-order valence-electron chi connectivity index (χ3n) is 5.17. The molecule has 0 radical (unpaired) electrons. The van der Waals surface area contributed by atoms with Crippen LogP contribution in [0.2, 0.25) is 0 Å². The summed E-state index contributed by atoms with van der Waals surface area (Å²) < 4.78 is 0. The molecule has 23 heavy (non-hydrogen) atoms. The molecule has 0 aromatic carbocycles. The van der Waals surface area contributed by atoms with Crippen molar-refractivity contribution in [2.75, 3.05) is 37.3 Å². The molecule has 4 rings (SSSR count). The highest BCUT2D eigenvalue weighted by Gasteiger charge is 2.41. The van der Waals surface area contributed by atoms with Crippen molar-refractivity contribution in [2.24, 2.45) is 0 Å². The van der Waals surface area contributed by atoms with Crippen LogP contribution in [0, 0.1) is 13.8 Å². The van der Waals surface area contributed by atoms with Crippen molar-refractivity contribution in [3.63, 3.8) is 0 Å². The van der Waals surface area contributed by atoms with E-state index in [1.807, 2.05) is 14.0 Å². The van der Waals surface area contributed by atoms with Crippen LogP contribution in [-0.2, 0) is 0 Å². The van der Waals surface area contributed by atoms with Crippen LogP contribution < -0.4 is 10.6 Å². The van der Waals surface area contributed by atoms with Gasteiger partial charge in [-0.2, -0.15) is 9.97 Å². The summed E-state index contributed by atoms with van der Waals surface area (Å²) in [5.41, 5.74) is 3.05. The normalized spacial score (nSPS) is 26.5. The zero-order chi connectivity index (χ0) is 16.0. The first-order chi connectivity index (χ1) is 11.1. The Morgan fingerprint density at radius 2 is 2.00 bits per heavy atom. The molecule has 0 amide bonds. The molecule has 0 spiro atoms. The summed E-state index contributed by atoms with van der Waals surface area (Å²) in [5.74, 6) is 1.55. The van der Waals surface area contributed by atoms with Gasteiger partial charge >= 0.3 is 0 Å². The maximum Gasteiger partial charge on any atom is 0.227 e. The van der Waals surface area contributed by atoms with Gasteiger partial charge in [-0.3, -0.25) is 0 Å². The monoisotopic (exact) mass is 312 g/mol. The van der Waals surface area contributed by atoms with E-state index in [0.717, 1.165) is 34.7 Å². The van der Waals surface area contributed by atoms with Crippen LogP contribution in [-0.4, -0.2) is 52.1 Å². The number of anilines is 2. The summed E-state index contributed by atoms with van der Waals surface area (Å²) in [7, 11) is 1.90. The molecule has 2 atom stereocenters. The Balaban J connectivity index is 1.76. The summed E-state index contributed by atoms with van der Waals surface area (Å²) in [6, 6.07) is 2.08. The maximum absolute atomic E-state index is 4.72. The Kier molecular flexibility index (Phi) is 3.37. The van der Waals surface area contributed by atoms with Crippen LogP contribution in [0.3, 0.4) is 0 Å². The van der Waals surface area contributed by atoms with Gasteiger partial charge in [-0.05, 0) is 51.3 Å². The molecule has 2 N–H and O–H groups in total. The molecular weight excluding hydrogens is 288 g/mol. The maximum atomic E-state index is 4.72. The van der Waals surface area contributed by atoms with Crippen LogP contribution in [0.25, 0.3) is 11.0 Å². The molecule has 2 fully saturated rings. The molecule has 6 heteroatoms. The van der Waals surface area contributed by atoms with Gasteiger partial charge in [-0.15, -0.1) is 0 Å². The van der Waals surface area contributed by atoms with Gasteiger partial charge in [0.1, 0.15) is 5.82 Å². The van der Waals surface area contributed by atoms with Gasteiger partial charge in [-0.25, -0.2) is 4.98 Å². The number of nitrogens with zero attached hydrogens (tertiary/aromatic N) is 4. The first-order valence-corrected chi connectivity index (χ1v) is 8.43. The second kappa shape index (κ2) is 5.30. The average Bonchev–Trinajstić information content (AvgIpc) is 2.79. The van der Waals surface area contributed by atoms with Gasteiger partial charge in [0.15, 0.2) is 5.65 Å². The number of hydrogen-bond donors (Lipinski definition) is 2. The molecule has 2 aliphatic heterocycles. The lowest BCUT2D eigenvalue weighted by atomic mass is 9.91. The second-order valence-electron chi connectivity index (χ2n) is 6.96. The number of piperidine rings is 1. The SMILES string of the molecule is CNc1nc(NC23CCCN(CC2)C3)nc2nc(C)cc(C)c12. The fourth-order valence-electron chi connectivity index (χ4n) is 4.11. The third-order valence-corrected chi connectivity index (χ3v) is 5.17. The van der Waals surface area contributed by atoms with Gasteiger partial charge in [0.05, 0.1) is 10.9 Å². The Labute approximate surface area is 136 Å². The third kappa shape index (κ3) is 2.51. The number of rotatable bonds is 3. The Bertz CT molecular complexity index is 754. The minimum Gasteiger partial charge on any atom is -0.372 e. The summed E-state index contributed by atoms with van der Waals surface area (Å²) >= 11 is 0. The van der Waals surface area contributed by atoms with Crippen molar-refractivity contribution in [3.05, 3.63) is 17.3 Å². The fourth-order valence-corrected chi connectivity index (χ4v) is 4.11. The first-order valence-electron chi connectivity index (χ1n) is 8.43. The highest BCUT2D eigenvalue weighted by Crippen LogP contribution is 2.34. The van der Waals surface area contributed by atoms with E-state index in [1.54, 1.807) is 0 Å². The lowest BCUT2D eigenvalue weighted by molar-refractivity contribution is 0.257. The molecule has 4 heterocycles. The first kappa shape index (κ1) is 14.6. The molecule has 2 saturated heterocycles. The summed E-state index contributed by atoms with van der Waals surface area (Å²) in [4.78, 5) is 16.6. The molecule has 0 saturated carbocycles. The molecule has 2 unspecified atom stereocenters.